The number of hydrogen-bond acceptors (Lipinski definition) is 5. The minimum Gasteiger partial charge on any atom is -0.337 e. The summed E-state index contributed by atoms with van der Waals surface area (Å²) in [5, 5.41) is 1.75. The summed E-state index contributed by atoms with van der Waals surface area (Å²) in [6.45, 7) is 2.74. The molecule has 0 spiro atoms. The van der Waals surface area contributed by atoms with E-state index in [1.807, 2.05) is 23.1 Å². The predicted octanol–water partition coefficient (Wildman–Crippen LogP) is 3.52. The van der Waals surface area contributed by atoms with Crippen LogP contribution in [0.5, 0.6) is 0 Å². The SMILES string of the molecule is O=C(c1ccc2c(Cl)c3c(nc2c1)CCCC3)N1CCN(c2ncccn2)CC1. The van der Waals surface area contributed by atoms with E-state index < -0.39 is 0 Å². The number of carbonyl (C=O) groups excluding carboxylic acids is 1. The lowest BCUT2D eigenvalue weighted by molar-refractivity contribution is 0.0746. The fraction of sp³-hybridized carbons (Fsp3) is 0.364. The molecule has 3 aromatic rings. The number of rotatable bonds is 2. The monoisotopic (exact) mass is 407 g/mol. The van der Waals surface area contributed by atoms with Gasteiger partial charge in [0.1, 0.15) is 0 Å². The van der Waals surface area contributed by atoms with Crippen molar-refractivity contribution in [3.05, 3.63) is 58.5 Å². The van der Waals surface area contributed by atoms with Crippen LogP contribution in [-0.2, 0) is 12.8 Å². The van der Waals surface area contributed by atoms with Crippen LogP contribution in [0.3, 0.4) is 0 Å². The molecule has 1 amide bonds. The van der Waals surface area contributed by atoms with Gasteiger partial charge in [0.05, 0.1) is 10.5 Å². The zero-order chi connectivity index (χ0) is 19.8. The van der Waals surface area contributed by atoms with E-state index in [0.717, 1.165) is 60.4 Å². The van der Waals surface area contributed by atoms with Gasteiger partial charge in [-0.1, -0.05) is 17.7 Å². The van der Waals surface area contributed by atoms with E-state index in [4.69, 9.17) is 16.6 Å². The average molecular weight is 408 g/mol. The molecule has 1 saturated heterocycles. The molecule has 1 aromatic carbocycles. The Morgan fingerprint density at radius 3 is 2.55 bits per heavy atom. The summed E-state index contributed by atoms with van der Waals surface area (Å²) >= 11 is 6.66. The predicted molar refractivity (Wildman–Crippen MR) is 114 cm³/mol. The molecular formula is C22H22ClN5O. The third kappa shape index (κ3) is 3.42. The van der Waals surface area contributed by atoms with Gasteiger partial charge in [-0.2, -0.15) is 0 Å². The molecule has 1 aliphatic carbocycles. The van der Waals surface area contributed by atoms with Crippen LogP contribution in [0.4, 0.5) is 5.95 Å². The maximum absolute atomic E-state index is 13.1. The van der Waals surface area contributed by atoms with Gasteiger partial charge in [0.25, 0.3) is 5.91 Å². The van der Waals surface area contributed by atoms with Crippen LogP contribution in [0.15, 0.2) is 36.7 Å². The van der Waals surface area contributed by atoms with E-state index in [1.54, 1.807) is 18.5 Å². The number of aromatic nitrogens is 3. The first-order valence-corrected chi connectivity index (χ1v) is 10.5. The Bertz CT molecular complexity index is 1060. The molecule has 0 saturated carbocycles. The lowest BCUT2D eigenvalue weighted by Crippen LogP contribution is -2.49. The van der Waals surface area contributed by atoms with Crippen molar-refractivity contribution in [3.8, 4) is 0 Å². The van der Waals surface area contributed by atoms with E-state index in [1.165, 1.54) is 5.56 Å². The highest BCUT2D eigenvalue weighted by atomic mass is 35.5. The van der Waals surface area contributed by atoms with Gasteiger partial charge in [-0.25, -0.2) is 9.97 Å². The van der Waals surface area contributed by atoms with Crippen molar-refractivity contribution in [2.24, 2.45) is 0 Å². The summed E-state index contributed by atoms with van der Waals surface area (Å²) in [5.41, 5.74) is 3.76. The Morgan fingerprint density at radius 2 is 1.76 bits per heavy atom. The minimum absolute atomic E-state index is 0.0381. The number of carbonyl (C=O) groups is 1. The van der Waals surface area contributed by atoms with Gasteiger partial charge in [0.15, 0.2) is 0 Å². The first-order chi connectivity index (χ1) is 14.2. The van der Waals surface area contributed by atoms with Gasteiger partial charge in [-0.05, 0) is 49.4 Å². The number of nitrogens with zero attached hydrogens (tertiary/aromatic N) is 5. The average Bonchev–Trinajstić information content (AvgIpc) is 2.79. The van der Waals surface area contributed by atoms with Crippen LogP contribution in [0, 0.1) is 0 Å². The molecule has 5 rings (SSSR count). The first-order valence-electron chi connectivity index (χ1n) is 10.1. The molecule has 148 valence electrons. The second-order valence-corrected chi connectivity index (χ2v) is 8.00. The van der Waals surface area contributed by atoms with Crippen molar-refractivity contribution >= 4 is 34.4 Å². The maximum Gasteiger partial charge on any atom is 0.254 e. The molecule has 7 heteroatoms. The minimum atomic E-state index is 0.0381. The van der Waals surface area contributed by atoms with Crippen LogP contribution in [0.25, 0.3) is 10.9 Å². The lowest BCUT2D eigenvalue weighted by Gasteiger charge is -2.34. The number of piperazine rings is 1. The van der Waals surface area contributed by atoms with Crippen molar-refractivity contribution in [2.75, 3.05) is 31.1 Å². The molecule has 6 nitrogen and oxygen atoms in total. The van der Waals surface area contributed by atoms with Crippen molar-refractivity contribution in [1.82, 2.24) is 19.9 Å². The fourth-order valence-corrected chi connectivity index (χ4v) is 4.61. The van der Waals surface area contributed by atoms with Gasteiger partial charge in [0.2, 0.25) is 5.95 Å². The molecule has 0 unspecified atom stereocenters. The summed E-state index contributed by atoms with van der Waals surface area (Å²) in [7, 11) is 0. The normalized spacial score (nSPS) is 16.7. The van der Waals surface area contributed by atoms with Crippen molar-refractivity contribution in [2.45, 2.75) is 25.7 Å². The van der Waals surface area contributed by atoms with Gasteiger partial charge in [-0.3, -0.25) is 9.78 Å². The fourth-order valence-electron chi connectivity index (χ4n) is 4.25. The second-order valence-electron chi connectivity index (χ2n) is 7.62. The summed E-state index contributed by atoms with van der Waals surface area (Å²) in [4.78, 5) is 30.5. The van der Waals surface area contributed by atoms with E-state index >= 15 is 0 Å². The van der Waals surface area contributed by atoms with E-state index in [0.29, 0.717) is 24.6 Å². The first kappa shape index (κ1) is 18.3. The quantitative estimate of drug-likeness (QED) is 0.650. The van der Waals surface area contributed by atoms with Crippen LogP contribution >= 0.6 is 11.6 Å². The van der Waals surface area contributed by atoms with Crippen LogP contribution in [0.1, 0.15) is 34.5 Å². The Hall–Kier alpha value is -2.73. The number of fused-ring (bicyclic) bond motifs is 2. The Morgan fingerprint density at radius 1 is 1.00 bits per heavy atom. The van der Waals surface area contributed by atoms with Gasteiger partial charge < -0.3 is 9.80 Å². The Balaban J connectivity index is 1.36. The second kappa shape index (κ2) is 7.59. The number of anilines is 1. The standard InChI is InChI=1S/C22H22ClN5O/c23-20-16-4-1-2-5-18(16)26-19-14-15(6-7-17(19)20)21(29)27-10-12-28(13-11-27)22-24-8-3-9-25-22/h3,6-9,14H,1-2,4-5,10-13H2. The van der Waals surface area contributed by atoms with E-state index in [-0.39, 0.29) is 5.91 Å². The van der Waals surface area contributed by atoms with Crippen LogP contribution in [0.2, 0.25) is 5.02 Å². The molecule has 3 heterocycles. The van der Waals surface area contributed by atoms with Gasteiger partial charge in [-0.15, -0.1) is 0 Å². The lowest BCUT2D eigenvalue weighted by atomic mass is 9.94. The zero-order valence-electron chi connectivity index (χ0n) is 16.1. The summed E-state index contributed by atoms with van der Waals surface area (Å²) in [6, 6.07) is 7.52. The third-order valence-corrected chi connectivity index (χ3v) is 6.27. The number of amides is 1. The van der Waals surface area contributed by atoms with Gasteiger partial charge in [0, 0.05) is 55.2 Å². The zero-order valence-corrected chi connectivity index (χ0v) is 16.9. The molecule has 0 bridgehead atoms. The molecule has 2 aliphatic rings. The highest BCUT2D eigenvalue weighted by Gasteiger charge is 2.24. The largest absolute Gasteiger partial charge is 0.337 e. The van der Waals surface area contributed by atoms with Crippen LogP contribution < -0.4 is 4.90 Å². The molecule has 2 aromatic heterocycles. The molecule has 0 atom stereocenters. The maximum atomic E-state index is 13.1. The molecule has 0 N–H and O–H groups in total. The summed E-state index contributed by atoms with van der Waals surface area (Å²) in [6.07, 6.45) is 7.75. The number of hydrogen-bond donors (Lipinski definition) is 0. The number of benzene rings is 1. The Kier molecular flexibility index (Phi) is 4.79. The van der Waals surface area contributed by atoms with Crippen molar-refractivity contribution in [3.63, 3.8) is 0 Å². The van der Waals surface area contributed by atoms with Crippen LogP contribution in [-0.4, -0.2) is 51.9 Å². The molecule has 1 aliphatic heterocycles. The summed E-state index contributed by atoms with van der Waals surface area (Å²) in [5.74, 6) is 0.755. The number of halogens is 1. The van der Waals surface area contributed by atoms with E-state index in [9.17, 15) is 4.79 Å². The number of pyridine rings is 1. The topological polar surface area (TPSA) is 62.2 Å². The third-order valence-electron chi connectivity index (χ3n) is 5.84. The molecule has 0 radical (unpaired) electrons. The highest BCUT2D eigenvalue weighted by Crippen LogP contribution is 2.33. The molecule has 29 heavy (non-hydrogen) atoms. The number of aryl methyl sites for hydroxylation is 1. The van der Waals surface area contributed by atoms with Crippen molar-refractivity contribution in [1.29, 1.82) is 0 Å². The molecular weight excluding hydrogens is 386 g/mol. The summed E-state index contributed by atoms with van der Waals surface area (Å²) < 4.78 is 0. The smallest absolute Gasteiger partial charge is 0.254 e. The highest BCUT2D eigenvalue weighted by molar-refractivity contribution is 6.36. The Labute approximate surface area is 174 Å². The van der Waals surface area contributed by atoms with Gasteiger partial charge >= 0.3 is 0 Å². The van der Waals surface area contributed by atoms with Crippen molar-refractivity contribution < 1.29 is 4.79 Å². The molecule has 1 fully saturated rings. The van der Waals surface area contributed by atoms with E-state index in [2.05, 4.69) is 14.9 Å².